The lowest BCUT2D eigenvalue weighted by Gasteiger charge is -2.22. The van der Waals surface area contributed by atoms with Crippen molar-refractivity contribution >= 4 is 28.4 Å². The molecule has 0 saturated carbocycles. The lowest BCUT2D eigenvalue weighted by atomic mass is 9.99. The van der Waals surface area contributed by atoms with E-state index in [1.54, 1.807) is 36.7 Å². The summed E-state index contributed by atoms with van der Waals surface area (Å²) < 4.78 is 5.55. The average Bonchev–Trinajstić information content (AvgIpc) is 3.49. The molecule has 0 aliphatic carbocycles. The Hall–Kier alpha value is -4.13. The number of ketones is 1. The number of Topliss-reactive ketones (excluding diaryl/α,β-unsaturated/α-hetero) is 1. The molecule has 1 aromatic carbocycles. The highest BCUT2D eigenvalue weighted by atomic mass is 16.3. The number of nitrogens with zero attached hydrogens (tertiary/aromatic N) is 2. The smallest absolute Gasteiger partial charge is 0.296 e. The zero-order chi connectivity index (χ0) is 20.7. The van der Waals surface area contributed by atoms with Crippen LogP contribution >= 0.6 is 0 Å². The summed E-state index contributed by atoms with van der Waals surface area (Å²) in [6, 6.07) is 15.3. The highest BCUT2D eigenvalue weighted by molar-refractivity contribution is 6.46. The van der Waals surface area contributed by atoms with E-state index in [0.717, 1.165) is 10.9 Å². The van der Waals surface area contributed by atoms with Gasteiger partial charge in [0.15, 0.2) is 0 Å². The van der Waals surface area contributed by atoms with Gasteiger partial charge in [-0.15, -0.1) is 0 Å². The molecule has 7 nitrogen and oxygen atoms in total. The largest absolute Gasteiger partial charge is 0.507 e. The van der Waals surface area contributed by atoms with E-state index in [1.165, 1.54) is 11.2 Å². The summed E-state index contributed by atoms with van der Waals surface area (Å²) in [4.78, 5) is 34.6. The van der Waals surface area contributed by atoms with E-state index in [4.69, 9.17) is 4.42 Å². The molecule has 0 radical (unpaired) electrons. The van der Waals surface area contributed by atoms with E-state index in [-0.39, 0.29) is 17.9 Å². The summed E-state index contributed by atoms with van der Waals surface area (Å²) in [5, 5.41) is 11.9. The number of nitrogens with one attached hydrogen (secondary N) is 1. The monoisotopic (exact) mass is 399 g/mol. The van der Waals surface area contributed by atoms with Crippen molar-refractivity contribution in [1.82, 2.24) is 14.9 Å². The number of aliphatic hydroxyl groups is 1. The van der Waals surface area contributed by atoms with Gasteiger partial charge in [0, 0.05) is 28.9 Å². The van der Waals surface area contributed by atoms with Gasteiger partial charge in [0.2, 0.25) is 0 Å². The molecule has 1 saturated heterocycles. The molecule has 2 N–H and O–H groups in total. The summed E-state index contributed by atoms with van der Waals surface area (Å²) in [5.74, 6) is -1.30. The SMILES string of the molecule is O=C1C(=O)N(Cc2ccccn2)C(c2ccco2)/C1=C(/O)c1c[nH]c2ccccc12. The second-order valence-corrected chi connectivity index (χ2v) is 7.01. The van der Waals surface area contributed by atoms with Gasteiger partial charge in [-0.3, -0.25) is 14.6 Å². The highest BCUT2D eigenvalue weighted by Crippen LogP contribution is 2.41. The number of likely N-dealkylation sites (tertiary alicyclic amines) is 1. The molecule has 5 rings (SSSR count). The molecule has 0 spiro atoms. The van der Waals surface area contributed by atoms with Crippen LogP contribution in [0.25, 0.3) is 16.7 Å². The number of fused-ring (bicyclic) bond motifs is 1. The second-order valence-electron chi connectivity index (χ2n) is 7.01. The molecule has 148 valence electrons. The van der Waals surface area contributed by atoms with Crippen LogP contribution in [0.15, 0.2) is 83.2 Å². The number of benzene rings is 1. The molecule has 7 heteroatoms. The Morgan fingerprint density at radius 2 is 1.93 bits per heavy atom. The first-order valence-electron chi connectivity index (χ1n) is 9.43. The first-order chi connectivity index (χ1) is 14.6. The van der Waals surface area contributed by atoms with Gasteiger partial charge in [0.1, 0.15) is 17.6 Å². The number of aliphatic hydroxyl groups excluding tert-OH is 1. The van der Waals surface area contributed by atoms with Crippen LogP contribution in [0.5, 0.6) is 0 Å². The van der Waals surface area contributed by atoms with Crippen molar-refractivity contribution in [1.29, 1.82) is 0 Å². The molecule has 4 heterocycles. The predicted molar refractivity (Wildman–Crippen MR) is 109 cm³/mol. The number of hydrogen-bond acceptors (Lipinski definition) is 5. The van der Waals surface area contributed by atoms with Gasteiger partial charge in [-0.2, -0.15) is 0 Å². The molecular weight excluding hydrogens is 382 g/mol. The molecular formula is C23H17N3O4. The van der Waals surface area contributed by atoms with Crippen LogP contribution in [0.2, 0.25) is 0 Å². The van der Waals surface area contributed by atoms with Crippen LogP contribution in [0, 0.1) is 0 Å². The molecule has 3 aromatic heterocycles. The minimum Gasteiger partial charge on any atom is -0.507 e. The highest BCUT2D eigenvalue weighted by Gasteiger charge is 2.47. The van der Waals surface area contributed by atoms with Crippen LogP contribution in [0.3, 0.4) is 0 Å². The van der Waals surface area contributed by atoms with E-state index in [0.29, 0.717) is 17.0 Å². The summed E-state index contributed by atoms with van der Waals surface area (Å²) in [6.45, 7) is 0.113. The van der Waals surface area contributed by atoms with Crippen molar-refractivity contribution in [2.45, 2.75) is 12.6 Å². The van der Waals surface area contributed by atoms with E-state index in [2.05, 4.69) is 9.97 Å². The normalized spacial score (nSPS) is 18.4. The van der Waals surface area contributed by atoms with Gasteiger partial charge in [0.25, 0.3) is 11.7 Å². The number of furan rings is 1. The Balaban J connectivity index is 1.67. The van der Waals surface area contributed by atoms with Crippen LogP contribution in [-0.4, -0.2) is 31.7 Å². The summed E-state index contributed by atoms with van der Waals surface area (Å²) >= 11 is 0. The number of pyridine rings is 1. The maximum absolute atomic E-state index is 13.0. The first-order valence-corrected chi connectivity index (χ1v) is 9.43. The molecule has 1 atom stereocenters. The first kappa shape index (κ1) is 17.9. The number of rotatable bonds is 4. The lowest BCUT2D eigenvalue weighted by molar-refractivity contribution is -0.140. The Labute approximate surface area is 171 Å². The second kappa shape index (κ2) is 7.04. The van der Waals surface area contributed by atoms with E-state index >= 15 is 0 Å². The van der Waals surface area contributed by atoms with Crippen LogP contribution < -0.4 is 0 Å². The molecule has 1 amide bonds. The lowest BCUT2D eigenvalue weighted by Crippen LogP contribution is -2.29. The Bertz CT molecular complexity index is 1270. The standard InChI is InChI=1S/C23H17N3O4/c27-21(16-12-25-17-8-2-1-7-15(16)17)19-20(18-9-5-11-30-18)26(23(29)22(19)28)13-14-6-3-4-10-24-14/h1-12,20,25,27H,13H2/b21-19-. The van der Waals surface area contributed by atoms with Crippen molar-refractivity contribution in [3.05, 3.63) is 95.8 Å². The predicted octanol–water partition coefficient (Wildman–Crippen LogP) is 3.78. The minimum atomic E-state index is -0.851. The quantitative estimate of drug-likeness (QED) is 0.309. The number of hydrogen-bond donors (Lipinski definition) is 2. The summed E-state index contributed by atoms with van der Waals surface area (Å²) in [5.41, 5.74) is 1.90. The average molecular weight is 399 g/mol. The van der Waals surface area contributed by atoms with E-state index in [9.17, 15) is 14.7 Å². The van der Waals surface area contributed by atoms with Gasteiger partial charge >= 0.3 is 0 Å². The maximum Gasteiger partial charge on any atom is 0.296 e. The third kappa shape index (κ3) is 2.79. The zero-order valence-electron chi connectivity index (χ0n) is 15.8. The summed E-state index contributed by atoms with van der Waals surface area (Å²) in [7, 11) is 0. The zero-order valence-corrected chi connectivity index (χ0v) is 15.8. The molecule has 4 aromatic rings. The van der Waals surface area contributed by atoms with Crippen molar-refractivity contribution in [3.63, 3.8) is 0 Å². The number of para-hydroxylation sites is 1. The van der Waals surface area contributed by atoms with Gasteiger partial charge in [0.05, 0.1) is 24.1 Å². The molecule has 1 fully saturated rings. The van der Waals surface area contributed by atoms with Crippen molar-refractivity contribution < 1.29 is 19.1 Å². The number of carbonyl (C=O) groups excluding carboxylic acids is 2. The molecule has 0 bridgehead atoms. The molecule has 30 heavy (non-hydrogen) atoms. The fourth-order valence-electron chi connectivity index (χ4n) is 3.86. The molecule has 1 unspecified atom stereocenters. The molecule has 1 aliphatic heterocycles. The Morgan fingerprint density at radius 1 is 1.10 bits per heavy atom. The van der Waals surface area contributed by atoms with Crippen LogP contribution in [-0.2, 0) is 16.1 Å². The van der Waals surface area contributed by atoms with Crippen molar-refractivity contribution in [2.24, 2.45) is 0 Å². The molecule has 1 aliphatic rings. The van der Waals surface area contributed by atoms with Gasteiger partial charge in [-0.25, -0.2) is 0 Å². The van der Waals surface area contributed by atoms with Crippen molar-refractivity contribution in [3.8, 4) is 0 Å². The number of H-pyrrole nitrogens is 1. The fourth-order valence-corrected chi connectivity index (χ4v) is 3.86. The minimum absolute atomic E-state index is 0.00404. The van der Waals surface area contributed by atoms with Gasteiger partial charge < -0.3 is 19.4 Å². The number of aromatic amines is 1. The Kier molecular flexibility index (Phi) is 4.21. The topological polar surface area (TPSA) is 99.4 Å². The van der Waals surface area contributed by atoms with Crippen molar-refractivity contribution in [2.75, 3.05) is 0 Å². The van der Waals surface area contributed by atoms with Crippen LogP contribution in [0.4, 0.5) is 0 Å². The third-order valence-electron chi connectivity index (χ3n) is 5.26. The fraction of sp³-hybridized carbons (Fsp3) is 0.0870. The third-order valence-corrected chi connectivity index (χ3v) is 5.26. The summed E-state index contributed by atoms with van der Waals surface area (Å²) in [6.07, 6.45) is 4.73. The Morgan fingerprint density at radius 3 is 2.70 bits per heavy atom. The number of aromatic nitrogens is 2. The van der Waals surface area contributed by atoms with Gasteiger partial charge in [-0.05, 0) is 30.3 Å². The van der Waals surface area contributed by atoms with Gasteiger partial charge in [-0.1, -0.05) is 24.3 Å². The maximum atomic E-state index is 13.0. The van der Waals surface area contributed by atoms with Crippen LogP contribution in [0.1, 0.15) is 23.1 Å². The number of carbonyl (C=O) groups is 2. The van der Waals surface area contributed by atoms with E-state index < -0.39 is 17.7 Å². The van der Waals surface area contributed by atoms with E-state index in [1.807, 2.05) is 30.3 Å². The number of amides is 1.